The zero-order valence-electron chi connectivity index (χ0n) is 14.3. The summed E-state index contributed by atoms with van der Waals surface area (Å²) in [7, 11) is 0. The number of alkyl halides is 3. The van der Waals surface area contributed by atoms with Crippen molar-refractivity contribution in [2.24, 2.45) is 0 Å². The number of benzene rings is 1. The fourth-order valence-corrected chi connectivity index (χ4v) is 4.25. The molecule has 0 saturated carbocycles. The Morgan fingerprint density at radius 2 is 2.00 bits per heavy atom. The fraction of sp³-hybridized carbons (Fsp3) is 0.438. The molecule has 0 bridgehead atoms. The fourth-order valence-electron chi connectivity index (χ4n) is 2.82. The van der Waals surface area contributed by atoms with Gasteiger partial charge in [-0.25, -0.2) is 0 Å². The summed E-state index contributed by atoms with van der Waals surface area (Å²) in [6.45, 7) is 1.51. The zero-order valence-corrected chi connectivity index (χ0v) is 15.9. The molecule has 27 heavy (non-hydrogen) atoms. The minimum Gasteiger partial charge on any atom is -0.374 e. The van der Waals surface area contributed by atoms with E-state index in [0.717, 1.165) is 67.6 Å². The van der Waals surface area contributed by atoms with Crippen LogP contribution in [0, 0.1) is 0 Å². The van der Waals surface area contributed by atoms with Crippen LogP contribution in [0.2, 0.25) is 0 Å². The van der Waals surface area contributed by atoms with Gasteiger partial charge in [-0.15, -0.1) is 10.2 Å². The van der Waals surface area contributed by atoms with Gasteiger partial charge in [0.15, 0.2) is 4.34 Å². The first kappa shape index (κ1) is 19.7. The van der Waals surface area contributed by atoms with Gasteiger partial charge in [-0.1, -0.05) is 23.1 Å². The number of thioether (sulfide) groups is 1. The summed E-state index contributed by atoms with van der Waals surface area (Å²) < 4.78 is 39.8. The molecule has 1 fully saturated rings. The predicted octanol–water partition coefficient (Wildman–Crippen LogP) is 3.86. The highest BCUT2D eigenvalue weighted by molar-refractivity contribution is 8.01. The number of nitrogens with zero attached hydrogens (tertiary/aromatic N) is 3. The average molecular weight is 417 g/mol. The number of halogens is 3. The Labute approximate surface area is 162 Å². The lowest BCUT2D eigenvalue weighted by Gasteiger charge is -2.31. The van der Waals surface area contributed by atoms with Gasteiger partial charge in [0.1, 0.15) is 0 Å². The van der Waals surface area contributed by atoms with Gasteiger partial charge in [-0.2, -0.15) is 13.2 Å². The highest BCUT2D eigenvalue weighted by atomic mass is 32.2. The third-order valence-electron chi connectivity index (χ3n) is 4.04. The maximum absolute atomic E-state index is 13.1. The summed E-state index contributed by atoms with van der Waals surface area (Å²) in [5, 5.41) is 10.4. The number of aromatic nitrogens is 2. The van der Waals surface area contributed by atoms with E-state index in [1.807, 2.05) is 4.90 Å². The van der Waals surface area contributed by atoms with Crippen molar-refractivity contribution in [3.63, 3.8) is 0 Å². The van der Waals surface area contributed by atoms with E-state index in [2.05, 4.69) is 15.5 Å². The smallest absolute Gasteiger partial charge is 0.374 e. The van der Waals surface area contributed by atoms with Crippen LogP contribution in [0.4, 0.5) is 29.7 Å². The topological polar surface area (TPSA) is 84.1 Å². The van der Waals surface area contributed by atoms with Gasteiger partial charge >= 0.3 is 6.18 Å². The second kappa shape index (κ2) is 8.34. The molecule has 1 aromatic heterocycles. The van der Waals surface area contributed by atoms with Crippen LogP contribution in [0.25, 0.3) is 0 Å². The van der Waals surface area contributed by atoms with Crippen LogP contribution < -0.4 is 16.0 Å². The lowest BCUT2D eigenvalue weighted by atomic mass is 10.1. The van der Waals surface area contributed by atoms with Crippen LogP contribution in [0.3, 0.4) is 0 Å². The van der Waals surface area contributed by atoms with E-state index in [-0.39, 0.29) is 11.4 Å². The molecule has 0 aliphatic carbocycles. The number of carbonyl (C=O) groups is 1. The number of nitrogens with one attached hydrogen (secondary N) is 1. The summed E-state index contributed by atoms with van der Waals surface area (Å²) in [6, 6.07) is 3.48. The van der Waals surface area contributed by atoms with E-state index in [9.17, 15) is 18.0 Å². The Hall–Kier alpha value is -2.01. The Bertz CT molecular complexity index is 806. The molecule has 1 aliphatic rings. The summed E-state index contributed by atoms with van der Waals surface area (Å²) in [4.78, 5) is 14.3. The highest BCUT2D eigenvalue weighted by Gasteiger charge is 2.31. The number of anilines is 3. The standard InChI is InChI=1S/C16H18F3N5OS2/c17-16(18,19)10-4-5-12(24-6-2-1-3-7-24)11(8-10)21-13(25)9-26-15-23-22-14(20)27-15/h4-5,8H,1-3,6-7,9H2,(H2,20,22)(H,21,25). The molecule has 11 heteroatoms. The number of amides is 1. The van der Waals surface area contributed by atoms with E-state index >= 15 is 0 Å². The molecule has 6 nitrogen and oxygen atoms in total. The average Bonchev–Trinajstić information content (AvgIpc) is 3.05. The largest absolute Gasteiger partial charge is 0.416 e. The number of piperidine rings is 1. The molecular weight excluding hydrogens is 399 g/mol. The molecule has 1 amide bonds. The molecule has 3 rings (SSSR count). The van der Waals surface area contributed by atoms with Crippen molar-refractivity contribution in [1.29, 1.82) is 0 Å². The number of carbonyl (C=O) groups excluding carboxylic acids is 1. The Kier molecular flexibility index (Phi) is 6.10. The number of hydrogen-bond donors (Lipinski definition) is 2. The predicted molar refractivity (Wildman–Crippen MR) is 101 cm³/mol. The van der Waals surface area contributed by atoms with Gasteiger partial charge in [0.05, 0.1) is 22.7 Å². The zero-order chi connectivity index (χ0) is 19.4. The van der Waals surface area contributed by atoms with Crippen molar-refractivity contribution in [2.75, 3.05) is 34.8 Å². The quantitative estimate of drug-likeness (QED) is 0.719. The first-order valence-electron chi connectivity index (χ1n) is 8.31. The second-order valence-electron chi connectivity index (χ2n) is 6.02. The Balaban J connectivity index is 1.76. The van der Waals surface area contributed by atoms with Gasteiger partial charge < -0.3 is 16.0 Å². The molecule has 1 aromatic carbocycles. The molecule has 0 spiro atoms. The molecule has 0 radical (unpaired) electrons. The van der Waals surface area contributed by atoms with Crippen LogP contribution in [0.1, 0.15) is 24.8 Å². The lowest BCUT2D eigenvalue weighted by Crippen LogP contribution is -2.30. The number of hydrogen-bond acceptors (Lipinski definition) is 7. The highest BCUT2D eigenvalue weighted by Crippen LogP contribution is 2.36. The Morgan fingerprint density at radius 3 is 2.63 bits per heavy atom. The van der Waals surface area contributed by atoms with Gasteiger partial charge in [0.2, 0.25) is 11.0 Å². The van der Waals surface area contributed by atoms with E-state index in [1.165, 1.54) is 6.07 Å². The lowest BCUT2D eigenvalue weighted by molar-refractivity contribution is -0.137. The molecule has 146 valence electrons. The molecule has 0 unspecified atom stereocenters. The normalized spacial score (nSPS) is 15.0. The molecule has 2 aromatic rings. The van der Waals surface area contributed by atoms with E-state index < -0.39 is 17.6 Å². The molecular formula is C16H18F3N5OS2. The van der Waals surface area contributed by atoms with Crippen molar-refractivity contribution in [1.82, 2.24) is 10.2 Å². The third kappa shape index (κ3) is 5.25. The molecule has 1 saturated heterocycles. The van der Waals surface area contributed by atoms with E-state index in [4.69, 9.17) is 5.73 Å². The van der Waals surface area contributed by atoms with Crippen molar-refractivity contribution in [2.45, 2.75) is 29.8 Å². The maximum atomic E-state index is 13.1. The second-order valence-corrected chi connectivity index (χ2v) is 8.25. The summed E-state index contributed by atoms with van der Waals surface area (Å²) in [6.07, 6.45) is -1.43. The number of rotatable bonds is 5. The van der Waals surface area contributed by atoms with Crippen molar-refractivity contribution >= 4 is 45.5 Å². The Morgan fingerprint density at radius 1 is 1.26 bits per heavy atom. The van der Waals surface area contributed by atoms with Gasteiger partial charge in [0, 0.05) is 13.1 Å². The van der Waals surface area contributed by atoms with Crippen LogP contribution >= 0.6 is 23.1 Å². The van der Waals surface area contributed by atoms with Gasteiger partial charge in [-0.3, -0.25) is 4.79 Å². The van der Waals surface area contributed by atoms with Crippen molar-refractivity contribution < 1.29 is 18.0 Å². The molecule has 2 heterocycles. The van der Waals surface area contributed by atoms with Gasteiger partial charge in [-0.05, 0) is 37.5 Å². The molecule has 1 aliphatic heterocycles. The number of nitrogens with two attached hydrogens (primary N) is 1. The van der Waals surface area contributed by atoms with Crippen LogP contribution in [-0.2, 0) is 11.0 Å². The molecule has 3 N–H and O–H groups in total. The van der Waals surface area contributed by atoms with Gasteiger partial charge in [0.25, 0.3) is 0 Å². The maximum Gasteiger partial charge on any atom is 0.416 e. The summed E-state index contributed by atoms with van der Waals surface area (Å²) in [5.74, 6) is -0.406. The summed E-state index contributed by atoms with van der Waals surface area (Å²) >= 11 is 2.29. The summed E-state index contributed by atoms with van der Waals surface area (Å²) in [5.41, 5.74) is 5.49. The monoisotopic (exact) mass is 417 g/mol. The first-order valence-corrected chi connectivity index (χ1v) is 10.1. The minimum absolute atomic E-state index is 0.00428. The van der Waals surface area contributed by atoms with Crippen LogP contribution in [-0.4, -0.2) is 34.9 Å². The van der Waals surface area contributed by atoms with E-state index in [1.54, 1.807) is 0 Å². The van der Waals surface area contributed by atoms with Crippen molar-refractivity contribution in [3.05, 3.63) is 23.8 Å². The van der Waals surface area contributed by atoms with Crippen molar-refractivity contribution in [3.8, 4) is 0 Å². The number of nitrogen functional groups attached to an aromatic ring is 1. The third-order valence-corrected chi connectivity index (χ3v) is 5.93. The van der Waals surface area contributed by atoms with Crippen LogP contribution in [0.15, 0.2) is 22.5 Å². The van der Waals surface area contributed by atoms with E-state index in [0.29, 0.717) is 15.2 Å². The molecule has 0 atom stereocenters. The first-order chi connectivity index (χ1) is 12.8. The van der Waals surface area contributed by atoms with Crippen LogP contribution in [0.5, 0.6) is 0 Å². The minimum atomic E-state index is -4.47. The SMILES string of the molecule is Nc1nnc(SCC(=O)Nc2cc(C(F)(F)F)ccc2N2CCCCC2)s1.